The van der Waals surface area contributed by atoms with Crippen molar-refractivity contribution < 1.29 is 20.1 Å². The number of amides is 1. The van der Waals surface area contributed by atoms with Crippen LogP contribution < -0.4 is 0 Å². The number of carbonyl (C=O) groups excluding carboxylic acids is 1. The highest BCUT2D eigenvalue weighted by atomic mass is 16.3. The maximum atomic E-state index is 12.4. The molecular weight excluding hydrogens is 260 g/mol. The van der Waals surface area contributed by atoms with Gasteiger partial charge in [0.15, 0.2) is 17.2 Å². The van der Waals surface area contributed by atoms with Gasteiger partial charge >= 0.3 is 0 Å². The zero-order chi connectivity index (χ0) is 14.3. The molecule has 6 heteroatoms. The van der Waals surface area contributed by atoms with Crippen molar-refractivity contribution in [1.82, 2.24) is 9.88 Å². The van der Waals surface area contributed by atoms with E-state index < -0.39 is 17.2 Å². The lowest BCUT2D eigenvalue weighted by molar-refractivity contribution is 0.0733. The van der Waals surface area contributed by atoms with Crippen molar-refractivity contribution in [2.75, 3.05) is 6.54 Å². The first kappa shape index (κ1) is 12.4. The van der Waals surface area contributed by atoms with Crippen LogP contribution in [-0.4, -0.2) is 37.7 Å². The van der Waals surface area contributed by atoms with Gasteiger partial charge in [0.2, 0.25) is 0 Å². The summed E-state index contributed by atoms with van der Waals surface area (Å²) in [4.78, 5) is 17.1. The van der Waals surface area contributed by atoms with E-state index in [1.807, 2.05) is 12.3 Å². The smallest absolute Gasteiger partial charge is 0.254 e. The van der Waals surface area contributed by atoms with Crippen LogP contribution in [0.3, 0.4) is 0 Å². The molecule has 104 valence electrons. The van der Waals surface area contributed by atoms with Crippen LogP contribution in [0.2, 0.25) is 0 Å². The van der Waals surface area contributed by atoms with Crippen LogP contribution in [-0.2, 0) is 13.0 Å². The molecule has 0 aliphatic carbocycles. The van der Waals surface area contributed by atoms with E-state index in [1.165, 1.54) is 0 Å². The van der Waals surface area contributed by atoms with Crippen molar-refractivity contribution in [1.29, 1.82) is 0 Å². The maximum Gasteiger partial charge on any atom is 0.254 e. The molecule has 1 aromatic carbocycles. The Morgan fingerprint density at radius 2 is 1.90 bits per heavy atom. The number of phenolic OH excluding ortho intramolecular Hbond substituents is 3. The Morgan fingerprint density at radius 1 is 1.20 bits per heavy atom. The second kappa shape index (κ2) is 4.48. The molecule has 0 saturated carbocycles. The van der Waals surface area contributed by atoms with Gasteiger partial charge in [0, 0.05) is 37.0 Å². The van der Waals surface area contributed by atoms with Gasteiger partial charge in [-0.2, -0.15) is 0 Å². The molecule has 0 radical (unpaired) electrons. The average molecular weight is 274 g/mol. The third kappa shape index (κ3) is 1.95. The zero-order valence-corrected chi connectivity index (χ0v) is 10.6. The van der Waals surface area contributed by atoms with Gasteiger partial charge in [-0.25, -0.2) is 0 Å². The van der Waals surface area contributed by atoms with Gasteiger partial charge in [0.05, 0.1) is 0 Å². The van der Waals surface area contributed by atoms with Gasteiger partial charge in [0.1, 0.15) is 0 Å². The van der Waals surface area contributed by atoms with Crippen LogP contribution in [0.5, 0.6) is 17.2 Å². The summed E-state index contributed by atoms with van der Waals surface area (Å²) in [5, 5.41) is 28.2. The molecule has 1 aromatic heterocycles. The molecule has 2 heterocycles. The molecule has 0 fully saturated rings. The van der Waals surface area contributed by atoms with Gasteiger partial charge in [-0.1, -0.05) is 0 Å². The van der Waals surface area contributed by atoms with Gasteiger partial charge in [-0.15, -0.1) is 0 Å². The molecule has 0 spiro atoms. The van der Waals surface area contributed by atoms with Crippen molar-refractivity contribution in [3.63, 3.8) is 0 Å². The predicted octanol–water partition coefficient (Wildman–Crippen LogP) is 1.33. The number of aromatic hydroxyl groups is 3. The SMILES string of the molecule is O=C(c1cc(O)c(O)c(O)c1)N1CCc2[nH]ccc2C1. The topological polar surface area (TPSA) is 96.8 Å². The number of hydrogen-bond acceptors (Lipinski definition) is 4. The van der Waals surface area contributed by atoms with Gasteiger partial charge in [-0.3, -0.25) is 4.79 Å². The summed E-state index contributed by atoms with van der Waals surface area (Å²) in [6, 6.07) is 4.24. The van der Waals surface area contributed by atoms with Gasteiger partial charge < -0.3 is 25.2 Å². The summed E-state index contributed by atoms with van der Waals surface area (Å²) in [7, 11) is 0. The number of rotatable bonds is 1. The molecule has 2 aromatic rings. The highest BCUT2D eigenvalue weighted by Gasteiger charge is 2.23. The van der Waals surface area contributed by atoms with Crippen molar-refractivity contribution in [3.8, 4) is 17.2 Å². The summed E-state index contributed by atoms with van der Waals surface area (Å²) in [5.41, 5.74) is 2.35. The fourth-order valence-electron chi connectivity index (χ4n) is 2.43. The molecule has 0 atom stereocenters. The van der Waals surface area contributed by atoms with E-state index in [9.17, 15) is 20.1 Å². The van der Waals surface area contributed by atoms with Crippen LogP contribution in [0.15, 0.2) is 24.4 Å². The van der Waals surface area contributed by atoms with E-state index in [4.69, 9.17) is 0 Å². The first-order valence-electron chi connectivity index (χ1n) is 6.25. The van der Waals surface area contributed by atoms with Crippen LogP contribution in [0.4, 0.5) is 0 Å². The number of H-pyrrole nitrogens is 1. The third-order valence-corrected chi connectivity index (χ3v) is 3.53. The Kier molecular flexibility index (Phi) is 2.78. The Hall–Kier alpha value is -2.63. The summed E-state index contributed by atoms with van der Waals surface area (Å²) in [6.07, 6.45) is 2.58. The predicted molar refractivity (Wildman–Crippen MR) is 70.7 cm³/mol. The number of carbonyl (C=O) groups is 1. The molecule has 20 heavy (non-hydrogen) atoms. The lowest BCUT2D eigenvalue weighted by Crippen LogP contribution is -2.35. The minimum absolute atomic E-state index is 0.150. The average Bonchev–Trinajstić information content (AvgIpc) is 2.90. The Labute approximate surface area is 114 Å². The zero-order valence-electron chi connectivity index (χ0n) is 10.6. The second-order valence-electron chi connectivity index (χ2n) is 4.82. The molecule has 6 nitrogen and oxygen atoms in total. The number of benzene rings is 1. The molecule has 0 unspecified atom stereocenters. The number of hydrogen-bond donors (Lipinski definition) is 4. The fourth-order valence-corrected chi connectivity index (χ4v) is 2.43. The van der Waals surface area contributed by atoms with E-state index in [2.05, 4.69) is 4.98 Å². The van der Waals surface area contributed by atoms with E-state index in [1.54, 1.807) is 4.90 Å². The standard InChI is InChI=1S/C14H14N2O4/c17-11-5-9(6-12(18)13(11)19)14(20)16-4-2-10-8(7-16)1-3-15-10/h1,3,5-6,15,17-19H,2,4,7H2. The molecule has 0 bridgehead atoms. The van der Waals surface area contributed by atoms with E-state index in [-0.39, 0.29) is 11.5 Å². The van der Waals surface area contributed by atoms with E-state index in [0.717, 1.165) is 29.8 Å². The van der Waals surface area contributed by atoms with Crippen molar-refractivity contribution in [3.05, 3.63) is 41.2 Å². The minimum Gasteiger partial charge on any atom is -0.504 e. The molecule has 1 amide bonds. The number of aromatic nitrogens is 1. The van der Waals surface area contributed by atoms with Crippen LogP contribution >= 0.6 is 0 Å². The number of phenols is 3. The van der Waals surface area contributed by atoms with Gasteiger partial charge in [-0.05, 0) is 23.8 Å². The third-order valence-electron chi connectivity index (χ3n) is 3.53. The Balaban J connectivity index is 1.87. The van der Waals surface area contributed by atoms with Crippen molar-refractivity contribution in [2.24, 2.45) is 0 Å². The molecule has 4 N–H and O–H groups in total. The molecular formula is C14H14N2O4. The van der Waals surface area contributed by atoms with Crippen LogP contribution in [0, 0.1) is 0 Å². The number of aromatic amines is 1. The highest BCUT2D eigenvalue weighted by Crippen LogP contribution is 2.36. The van der Waals surface area contributed by atoms with Crippen LogP contribution in [0.25, 0.3) is 0 Å². The molecule has 1 aliphatic heterocycles. The van der Waals surface area contributed by atoms with Gasteiger partial charge in [0.25, 0.3) is 5.91 Å². The van der Waals surface area contributed by atoms with Crippen molar-refractivity contribution >= 4 is 5.91 Å². The highest BCUT2D eigenvalue weighted by molar-refractivity contribution is 5.95. The largest absolute Gasteiger partial charge is 0.504 e. The first-order valence-corrected chi connectivity index (χ1v) is 6.25. The Morgan fingerprint density at radius 3 is 2.60 bits per heavy atom. The van der Waals surface area contributed by atoms with E-state index >= 15 is 0 Å². The van der Waals surface area contributed by atoms with E-state index in [0.29, 0.717) is 13.1 Å². The minimum atomic E-state index is -0.617. The Bertz CT molecular complexity index is 655. The second-order valence-corrected chi connectivity index (χ2v) is 4.82. The summed E-state index contributed by atoms with van der Waals surface area (Å²) < 4.78 is 0. The maximum absolute atomic E-state index is 12.4. The summed E-state index contributed by atoms with van der Waals surface area (Å²) in [5.74, 6) is -1.92. The number of nitrogens with one attached hydrogen (secondary N) is 1. The monoisotopic (exact) mass is 274 g/mol. The number of fused-ring (bicyclic) bond motifs is 1. The lowest BCUT2D eigenvalue weighted by Gasteiger charge is -2.27. The molecule has 3 rings (SSSR count). The molecule has 1 aliphatic rings. The normalized spacial score (nSPS) is 14.1. The number of nitrogens with zero attached hydrogens (tertiary/aromatic N) is 1. The summed E-state index contributed by atoms with van der Waals surface area (Å²) >= 11 is 0. The quantitative estimate of drug-likeness (QED) is 0.590. The van der Waals surface area contributed by atoms with Crippen molar-refractivity contribution in [2.45, 2.75) is 13.0 Å². The lowest BCUT2D eigenvalue weighted by atomic mass is 10.1. The summed E-state index contributed by atoms with van der Waals surface area (Å²) in [6.45, 7) is 1.05. The fraction of sp³-hybridized carbons (Fsp3) is 0.214. The molecule has 0 saturated heterocycles. The first-order chi connectivity index (χ1) is 9.56. The van der Waals surface area contributed by atoms with Crippen LogP contribution in [0.1, 0.15) is 21.6 Å².